The number of hydrogen-bond donors (Lipinski definition) is 1. The number of rotatable bonds is 3. The molecule has 0 aromatic carbocycles. The molecule has 0 bridgehead atoms. The standard InChI is InChI=1S/C10H9NO5S.C7H5NO3S.Na.H2O/c1-2-15-9(13)11-8(12)7(16-10(11)14)6-3-4-17-5-6;9-6-5(11-7(10)8-6)4-1-2-12-3-4;;/h3-5,7H,2H2,1H3;1-3,5H,(H,8,9,10);;1H2. The van der Waals surface area contributed by atoms with Crippen molar-refractivity contribution >= 4 is 82.3 Å². The van der Waals surface area contributed by atoms with E-state index in [0.717, 1.165) is 5.56 Å². The molecule has 11 nitrogen and oxygen atoms in total. The van der Waals surface area contributed by atoms with Gasteiger partial charge in [0.05, 0.1) is 6.61 Å². The molecule has 2 unspecified atom stereocenters. The van der Waals surface area contributed by atoms with Crippen molar-refractivity contribution in [2.24, 2.45) is 0 Å². The Bertz CT molecular complexity index is 934. The number of alkyl carbamates (subject to hydrolysis) is 1. The van der Waals surface area contributed by atoms with Crippen LogP contribution in [0.3, 0.4) is 0 Å². The van der Waals surface area contributed by atoms with E-state index in [-0.39, 0.29) is 41.6 Å². The van der Waals surface area contributed by atoms with Crippen LogP contribution in [0.5, 0.6) is 0 Å². The number of carbonyl (C=O) groups is 5. The SMILES string of the molecule is CCOC(=O)N1C(=O)OC(c2ccsc2)C1=O.O.O=C1NC(=O)C(c2ccsc2)O1.[Na]. The minimum absolute atomic E-state index is 0. The minimum Gasteiger partial charge on any atom is -0.449 e. The van der Waals surface area contributed by atoms with Crippen molar-refractivity contribution in [3.63, 3.8) is 0 Å². The summed E-state index contributed by atoms with van der Waals surface area (Å²) in [4.78, 5) is 56.6. The van der Waals surface area contributed by atoms with E-state index in [0.29, 0.717) is 10.5 Å². The second-order valence-corrected chi connectivity index (χ2v) is 7.08. The van der Waals surface area contributed by atoms with Crippen LogP contribution in [0.2, 0.25) is 0 Å². The van der Waals surface area contributed by atoms with Crippen LogP contribution in [0, 0.1) is 0 Å². The fourth-order valence-corrected chi connectivity index (χ4v) is 3.75. The van der Waals surface area contributed by atoms with E-state index in [1.807, 2.05) is 5.38 Å². The second kappa shape index (κ2) is 11.9. The molecule has 0 spiro atoms. The maximum absolute atomic E-state index is 11.8. The average molecular weight is 479 g/mol. The Balaban J connectivity index is 0.000000305. The van der Waals surface area contributed by atoms with Gasteiger partial charge in [0.15, 0.2) is 0 Å². The summed E-state index contributed by atoms with van der Waals surface area (Å²) >= 11 is 2.83. The first kappa shape index (κ1) is 26.7. The van der Waals surface area contributed by atoms with Crippen LogP contribution in [0.1, 0.15) is 30.3 Å². The summed E-state index contributed by atoms with van der Waals surface area (Å²) in [6.45, 7) is 1.67. The average Bonchev–Trinajstić information content (AvgIpc) is 3.44. The third kappa shape index (κ3) is 6.12. The largest absolute Gasteiger partial charge is 0.449 e. The molecular weight excluding hydrogens is 463 g/mol. The molecule has 1 radical (unpaired) electrons. The third-order valence-electron chi connectivity index (χ3n) is 3.68. The van der Waals surface area contributed by atoms with Gasteiger partial charge in [0.1, 0.15) is 0 Å². The Morgan fingerprint density at radius 1 is 1.06 bits per heavy atom. The molecule has 2 saturated heterocycles. The van der Waals surface area contributed by atoms with Crippen LogP contribution in [-0.2, 0) is 23.8 Å². The maximum Gasteiger partial charge on any atom is 0.427 e. The van der Waals surface area contributed by atoms with E-state index in [4.69, 9.17) is 9.47 Å². The smallest absolute Gasteiger partial charge is 0.427 e. The summed E-state index contributed by atoms with van der Waals surface area (Å²) in [6, 6.07) is 3.42. The van der Waals surface area contributed by atoms with E-state index in [9.17, 15) is 24.0 Å². The van der Waals surface area contributed by atoms with Gasteiger partial charge < -0.3 is 19.7 Å². The summed E-state index contributed by atoms with van der Waals surface area (Å²) < 4.78 is 14.2. The molecular formula is C17H16N2NaO9S2. The molecule has 4 heterocycles. The Hall–Kier alpha value is -2.29. The number of cyclic esters (lactones) is 2. The van der Waals surface area contributed by atoms with E-state index in [2.05, 4.69) is 10.1 Å². The van der Waals surface area contributed by atoms with Crippen molar-refractivity contribution < 1.29 is 43.7 Å². The molecule has 161 valence electrons. The van der Waals surface area contributed by atoms with Crippen LogP contribution in [0.4, 0.5) is 14.4 Å². The summed E-state index contributed by atoms with van der Waals surface area (Å²) in [5.74, 6) is -1.11. The number of nitrogens with zero attached hydrogens (tertiary/aromatic N) is 1. The van der Waals surface area contributed by atoms with Gasteiger partial charge in [-0.05, 0) is 40.6 Å². The molecule has 2 aliphatic heterocycles. The van der Waals surface area contributed by atoms with Gasteiger partial charge in [-0.3, -0.25) is 14.9 Å². The van der Waals surface area contributed by atoms with Crippen LogP contribution in [-0.4, -0.2) is 76.6 Å². The van der Waals surface area contributed by atoms with Gasteiger partial charge in [-0.2, -0.15) is 22.7 Å². The first-order chi connectivity index (χ1) is 13.9. The number of thiophene rings is 2. The Morgan fingerprint density at radius 3 is 2.10 bits per heavy atom. The number of imide groups is 4. The number of nitrogens with one attached hydrogen (secondary N) is 1. The normalized spacial score (nSPS) is 19.2. The molecule has 31 heavy (non-hydrogen) atoms. The van der Waals surface area contributed by atoms with E-state index in [1.54, 1.807) is 35.2 Å². The summed E-state index contributed by atoms with van der Waals surface area (Å²) in [5.41, 5.74) is 1.28. The van der Waals surface area contributed by atoms with E-state index >= 15 is 0 Å². The predicted octanol–water partition coefficient (Wildman–Crippen LogP) is 1.77. The number of ether oxygens (including phenoxy) is 3. The maximum atomic E-state index is 11.8. The van der Waals surface area contributed by atoms with Gasteiger partial charge >= 0.3 is 18.3 Å². The Kier molecular flexibility index (Phi) is 10.3. The number of hydrogen-bond acceptors (Lipinski definition) is 10. The van der Waals surface area contributed by atoms with Gasteiger partial charge in [-0.1, -0.05) is 0 Å². The molecule has 2 fully saturated rings. The monoisotopic (exact) mass is 479 g/mol. The van der Waals surface area contributed by atoms with Crippen LogP contribution >= 0.6 is 22.7 Å². The molecule has 3 N–H and O–H groups in total. The van der Waals surface area contributed by atoms with Gasteiger partial charge in [0.25, 0.3) is 11.8 Å². The Labute approximate surface area is 205 Å². The third-order valence-corrected chi connectivity index (χ3v) is 5.08. The predicted molar refractivity (Wildman–Crippen MR) is 108 cm³/mol. The van der Waals surface area contributed by atoms with Gasteiger partial charge in [-0.15, -0.1) is 4.90 Å². The van der Waals surface area contributed by atoms with Crippen molar-refractivity contribution in [2.45, 2.75) is 19.1 Å². The van der Waals surface area contributed by atoms with Gasteiger partial charge in [-0.25, -0.2) is 14.4 Å². The van der Waals surface area contributed by atoms with E-state index < -0.39 is 42.3 Å². The van der Waals surface area contributed by atoms with Gasteiger partial charge in [0, 0.05) is 40.7 Å². The topological polar surface area (TPSA) is 160 Å². The van der Waals surface area contributed by atoms with Crippen molar-refractivity contribution in [3.05, 3.63) is 44.8 Å². The molecule has 2 atom stereocenters. The zero-order valence-electron chi connectivity index (χ0n) is 16.4. The molecule has 2 aliphatic rings. The van der Waals surface area contributed by atoms with Crippen LogP contribution in [0.25, 0.3) is 0 Å². The molecule has 2 aromatic heterocycles. The molecule has 0 saturated carbocycles. The zero-order chi connectivity index (χ0) is 21.0. The van der Waals surface area contributed by atoms with Crippen molar-refractivity contribution in [1.82, 2.24) is 10.2 Å². The quantitative estimate of drug-likeness (QED) is 0.515. The van der Waals surface area contributed by atoms with Crippen LogP contribution in [0.15, 0.2) is 33.7 Å². The minimum atomic E-state index is -1.04. The molecule has 5 amide bonds. The van der Waals surface area contributed by atoms with Crippen LogP contribution < -0.4 is 5.32 Å². The fraction of sp³-hybridized carbons (Fsp3) is 0.235. The molecule has 0 aliphatic carbocycles. The fourth-order valence-electron chi connectivity index (χ4n) is 2.40. The van der Waals surface area contributed by atoms with E-state index in [1.165, 1.54) is 22.7 Å². The molecule has 2 aromatic rings. The van der Waals surface area contributed by atoms with Crippen molar-refractivity contribution in [1.29, 1.82) is 0 Å². The zero-order valence-corrected chi connectivity index (χ0v) is 20.0. The summed E-state index contributed by atoms with van der Waals surface area (Å²) in [7, 11) is 0. The summed E-state index contributed by atoms with van der Waals surface area (Å²) in [5, 5.41) is 9.11. The number of carbonyl (C=O) groups excluding carboxylic acids is 5. The summed E-state index contributed by atoms with van der Waals surface area (Å²) in [6.07, 6.45) is -4.46. The molecule has 14 heteroatoms. The second-order valence-electron chi connectivity index (χ2n) is 5.52. The molecule has 4 rings (SSSR count). The van der Waals surface area contributed by atoms with Crippen molar-refractivity contribution in [3.8, 4) is 0 Å². The number of amides is 5. The van der Waals surface area contributed by atoms with Gasteiger partial charge in [0.2, 0.25) is 12.2 Å². The first-order valence-corrected chi connectivity index (χ1v) is 10.1. The van der Waals surface area contributed by atoms with Crippen molar-refractivity contribution in [2.75, 3.05) is 6.61 Å². The first-order valence-electron chi connectivity index (χ1n) is 8.19. The Morgan fingerprint density at radius 2 is 1.65 bits per heavy atom.